The first kappa shape index (κ1) is 28.2. The lowest BCUT2D eigenvalue weighted by Gasteiger charge is -2.28. The minimum atomic E-state index is -0.953. The zero-order chi connectivity index (χ0) is 30.2. The van der Waals surface area contributed by atoms with Crippen LogP contribution in [0.3, 0.4) is 0 Å². The third kappa shape index (κ3) is 5.26. The zero-order valence-electron chi connectivity index (χ0n) is 24.4. The lowest BCUT2D eigenvalue weighted by atomic mass is 9.96. The van der Waals surface area contributed by atoms with Gasteiger partial charge < -0.3 is 24.6 Å². The van der Waals surface area contributed by atoms with Gasteiger partial charge in [-0.1, -0.05) is 30.3 Å². The fourth-order valence-electron chi connectivity index (χ4n) is 5.86. The smallest absolute Gasteiger partial charge is 0.335 e. The molecule has 0 radical (unpaired) electrons. The Kier molecular flexibility index (Phi) is 7.46. The number of hydrogen-bond donors (Lipinski definition) is 2. The van der Waals surface area contributed by atoms with Gasteiger partial charge in [-0.3, -0.25) is 4.98 Å². The van der Waals surface area contributed by atoms with Gasteiger partial charge in [-0.05, 0) is 117 Å². The van der Waals surface area contributed by atoms with Crippen molar-refractivity contribution in [3.8, 4) is 17.2 Å². The molecule has 0 bridgehead atoms. The molecule has 3 aromatic carbocycles. The number of rotatable bonds is 7. The number of thiocarbonyl (C=S) groups is 1. The van der Waals surface area contributed by atoms with Gasteiger partial charge in [-0.25, -0.2) is 4.79 Å². The molecule has 5 aromatic rings. The van der Waals surface area contributed by atoms with Gasteiger partial charge in [0.15, 0.2) is 5.11 Å². The lowest BCUT2D eigenvalue weighted by Crippen LogP contribution is -2.29. The van der Waals surface area contributed by atoms with E-state index in [-0.39, 0.29) is 17.6 Å². The van der Waals surface area contributed by atoms with Crippen molar-refractivity contribution in [1.29, 1.82) is 0 Å². The monoisotopic (exact) mass is 588 g/mol. The molecule has 0 spiro atoms. The maximum Gasteiger partial charge on any atom is 0.335 e. The Hall–Kier alpha value is -4.95. The second-order valence-corrected chi connectivity index (χ2v) is 11.2. The van der Waals surface area contributed by atoms with E-state index in [1.165, 1.54) is 0 Å². The highest BCUT2D eigenvalue weighted by atomic mass is 32.1. The Morgan fingerprint density at radius 3 is 2.35 bits per heavy atom. The topological polar surface area (TPSA) is 79.6 Å². The van der Waals surface area contributed by atoms with E-state index in [4.69, 9.17) is 17.0 Å². The van der Waals surface area contributed by atoms with E-state index in [1.807, 2.05) is 93.6 Å². The van der Waals surface area contributed by atoms with Crippen LogP contribution in [0.25, 0.3) is 5.69 Å². The highest BCUT2D eigenvalue weighted by molar-refractivity contribution is 7.80. The molecule has 6 rings (SSSR count). The molecule has 43 heavy (non-hydrogen) atoms. The van der Waals surface area contributed by atoms with Crippen LogP contribution in [0.4, 0.5) is 5.69 Å². The van der Waals surface area contributed by atoms with E-state index in [0.717, 1.165) is 56.6 Å². The van der Waals surface area contributed by atoms with Gasteiger partial charge in [0.05, 0.1) is 23.3 Å². The third-order valence-corrected chi connectivity index (χ3v) is 8.33. The van der Waals surface area contributed by atoms with Crippen LogP contribution in [-0.4, -0.2) is 25.7 Å². The minimum Gasteiger partial charge on any atom is -0.478 e. The summed E-state index contributed by atoms with van der Waals surface area (Å²) in [6.45, 7) is 8.14. The summed E-state index contributed by atoms with van der Waals surface area (Å²) in [5.74, 6) is 0.600. The van der Waals surface area contributed by atoms with Crippen LogP contribution >= 0.6 is 12.2 Å². The highest BCUT2D eigenvalue weighted by Crippen LogP contribution is 2.44. The number of benzene rings is 3. The summed E-state index contributed by atoms with van der Waals surface area (Å²) in [6.07, 6.45) is 1.79. The third-order valence-electron chi connectivity index (χ3n) is 8.02. The first-order chi connectivity index (χ1) is 20.7. The van der Waals surface area contributed by atoms with Crippen molar-refractivity contribution in [3.05, 3.63) is 137 Å². The Labute approximate surface area is 256 Å². The van der Waals surface area contributed by atoms with Gasteiger partial charge >= 0.3 is 5.97 Å². The van der Waals surface area contributed by atoms with Crippen molar-refractivity contribution in [2.75, 3.05) is 4.90 Å². The molecule has 8 heteroatoms. The SMILES string of the molecule is Cc1ccccc1Oc1ccc(N2C(=S)N[C@@H](c3ccccn3)[C@H]2c2cc(C)n(-c3cc(C(=O)O)ccc3C)c2C)cc1. The Balaban J connectivity index is 1.44. The van der Waals surface area contributed by atoms with E-state index in [0.29, 0.717) is 5.11 Å². The number of hydrogen-bond acceptors (Lipinski definition) is 4. The van der Waals surface area contributed by atoms with Gasteiger partial charge in [0.25, 0.3) is 0 Å². The number of carbonyl (C=O) groups is 1. The van der Waals surface area contributed by atoms with Crippen LogP contribution < -0.4 is 15.0 Å². The Morgan fingerprint density at radius 2 is 1.65 bits per heavy atom. The second-order valence-electron chi connectivity index (χ2n) is 10.8. The number of para-hydroxylation sites is 1. The quantitative estimate of drug-likeness (QED) is 0.188. The molecule has 2 N–H and O–H groups in total. The predicted molar refractivity (Wildman–Crippen MR) is 173 cm³/mol. The van der Waals surface area contributed by atoms with Gasteiger partial charge in [-0.2, -0.15) is 0 Å². The first-order valence-electron chi connectivity index (χ1n) is 14.1. The number of anilines is 1. The van der Waals surface area contributed by atoms with Crippen molar-refractivity contribution in [2.24, 2.45) is 0 Å². The molecule has 3 heterocycles. The van der Waals surface area contributed by atoms with E-state index in [1.54, 1.807) is 18.3 Å². The standard InChI is InChI=1S/C35H32N4O3S/c1-21-12-13-25(34(40)41)20-30(21)38-23(3)19-28(24(38)4)33-32(29-10-7-8-18-36-29)37-35(43)39(33)26-14-16-27(17-15-26)42-31-11-6-5-9-22(31)2/h5-20,32-33H,1-4H3,(H,37,43)(H,40,41)/t32-,33+/m0/s1. The molecule has 2 atom stereocenters. The fraction of sp³-hybridized carbons (Fsp3) is 0.171. The van der Waals surface area contributed by atoms with Crippen molar-refractivity contribution in [3.63, 3.8) is 0 Å². The molecule has 1 aliphatic rings. The Bertz CT molecular complexity index is 1830. The number of ether oxygens (including phenoxy) is 1. The molecular formula is C35H32N4O3S. The normalized spacial score (nSPS) is 16.3. The van der Waals surface area contributed by atoms with Crippen molar-refractivity contribution in [1.82, 2.24) is 14.9 Å². The predicted octanol–water partition coefficient (Wildman–Crippen LogP) is 7.77. The van der Waals surface area contributed by atoms with Crippen LogP contribution in [0, 0.1) is 27.7 Å². The molecule has 1 fully saturated rings. The summed E-state index contributed by atoms with van der Waals surface area (Å²) in [5.41, 5.74) is 8.02. The zero-order valence-corrected chi connectivity index (χ0v) is 25.2. The molecule has 0 saturated carbocycles. The molecule has 0 aliphatic carbocycles. The van der Waals surface area contributed by atoms with Crippen molar-refractivity contribution >= 4 is 29.0 Å². The second kappa shape index (κ2) is 11.4. The Morgan fingerprint density at radius 1 is 0.907 bits per heavy atom. The van der Waals surface area contributed by atoms with Gasteiger partial charge in [0.2, 0.25) is 0 Å². The number of aryl methyl sites for hydroxylation is 3. The summed E-state index contributed by atoms with van der Waals surface area (Å²) >= 11 is 5.96. The summed E-state index contributed by atoms with van der Waals surface area (Å²) < 4.78 is 8.29. The molecule has 7 nitrogen and oxygen atoms in total. The highest BCUT2D eigenvalue weighted by Gasteiger charge is 2.42. The molecule has 216 valence electrons. The average Bonchev–Trinajstić information content (AvgIpc) is 3.50. The van der Waals surface area contributed by atoms with Crippen LogP contribution in [0.2, 0.25) is 0 Å². The molecule has 1 saturated heterocycles. The van der Waals surface area contributed by atoms with Crippen LogP contribution in [0.1, 0.15) is 56.2 Å². The van der Waals surface area contributed by atoms with Gasteiger partial charge in [-0.15, -0.1) is 0 Å². The lowest BCUT2D eigenvalue weighted by molar-refractivity contribution is 0.0697. The van der Waals surface area contributed by atoms with E-state index in [2.05, 4.69) is 32.8 Å². The molecular weight excluding hydrogens is 556 g/mol. The number of pyridine rings is 1. The average molecular weight is 589 g/mol. The summed E-state index contributed by atoms with van der Waals surface area (Å²) in [5, 5.41) is 13.8. The first-order valence-corrected chi connectivity index (χ1v) is 14.5. The largest absolute Gasteiger partial charge is 0.478 e. The number of carboxylic acid groups (broad SMARTS) is 1. The fourth-order valence-corrected chi connectivity index (χ4v) is 6.21. The number of nitrogens with one attached hydrogen (secondary N) is 1. The van der Waals surface area contributed by atoms with E-state index in [9.17, 15) is 9.90 Å². The summed E-state index contributed by atoms with van der Waals surface area (Å²) in [7, 11) is 0. The minimum absolute atomic E-state index is 0.211. The van der Waals surface area contributed by atoms with Crippen molar-refractivity contribution in [2.45, 2.75) is 39.8 Å². The molecule has 1 aliphatic heterocycles. The van der Waals surface area contributed by atoms with Gasteiger partial charge in [0.1, 0.15) is 11.5 Å². The molecule has 2 aromatic heterocycles. The van der Waals surface area contributed by atoms with E-state index < -0.39 is 5.97 Å². The number of nitrogens with zero attached hydrogens (tertiary/aromatic N) is 3. The van der Waals surface area contributed by atoms with Crippen LogP contribution in [-0.2, 0) is 0 Å². The van der Waals surface area contributed by atoms with Crippen LogP contribution in [0.5, 0.6) is 11.5 Å². The number of aromatic carboxylic acids is 1. The van der Waals surface area contributed by atoms with Gasteiger partial charge in [0, 0.05) is 29.0 Å². The maximum absolute atomic E-state index is 11.8. The summed E-state index contributed by atoms with van der Waals surface area (Å²) in [6, 6.07) is 28.8. The van der Waals surface area contributed by atoms with Crippen molar-refractivity contribution < 1.29 is 14.6 Å². The molecule has 0 unspecified atom stereocenters. The number of carboxylic acids is 1. The molecule has 0 amide bonds. The van der Waals surface area contributed by atoms with E-state index >= 15 is 0 Å². The van der Waals surface area contributed by atoms with Crippen LogP contribution in [0.15, 0.2) is 97.2 Å². The maximum atomic E-state index is 11.8. The number of aromatic nitrogens is 2. The summed E-state index contributed by atoms with van der Waals surface area (Å²) in [4.78, 5) is 18.6.